The minimum atomic E-state index is -2.19. The molecule has 0 saturated heterocycles. The molecule has 35 nitrogen and oxygen atoms in total. The van der Waals surface area contributed by atoms with E-state index in [1.165, 1.54) is 158 Å². The van der Waals surface area contributed by atoms with E-state index in [1.54, 1.807) is 26.0 Å². The minimum absolute atomic E-state index is 0.00206. The Morgan fingerprint density at radius 2 is 1.37 bits per heavy atom. The molecule has 5 aliphatic rings. The van der Waals surface area contributed by atoms with E-state index in [9.17, 15) is 63.9 Å². The summed E-state index contributed by atoms with van der Waals surface area (Å²) in [4.78, 5) is 194. The summed E-state index contributed by atoms with van der Waals surface area (Å²) in [5.41, 5.74) is 0.489. The summed E-state index contributed by atoms with van der Waals surface area (Å²) in [5, 5.41) is 91.8. The standard InChI is InChI=1S/C85H116N18O17S6/c1-13-16-17-18-19-20-21-22-23-24-25-26-27-28-33-121-35-56(68(86)108)94-72(112)57-37-123-79(97-57)53-31-32-85-66(92-53)55-36-124-80(95-55)63(101-73(113)58-39-125-81(98-58)67(84(12,119)48(11)106)102-75(115)59-38-122-78(96-59)51(15-3)93-77(117)62(46(9)105)100-74(114)60-40-126-83(85)99-60)47(10)120-82(118)54-34-50(45(8)104)49-29-30-52(65(107)64(49)91-54)90-61(41(4)14-2)76(116)89-43(6)70(110)87-42(5)69(109)88-44(7)71(111)103-85/h15,29-30,34,36-37,39-41,43-48,52,56,59,61-63,65-67,90,104-107,119H,5,13-14,16-28,31-33,35,38H2,1-4,6-12H3,(H2,86,108)(H,87,110)(H,88,109)(H,89,116)(H,93,117)(H,94,112)(H,100,114)(H,101,113)(H,102,115)(H,103,111)/b51-15-/t41-,43-,44-,45-,46+,47+,48+,52+,56?,59+,61-,62-,63-,65-,66+,67+,84+,85+/m0/s1. The molecule has 18 atom stereocenters. The van der Waals surface area contributed by atoms with Crippen LogP contribution in [0.1, 0.15) is 300 Å². The van der Waals surface area contributed by atoms with Gasteiger partial charge in [0.25, 0.3) is 23.6 Å². The highest BCUT2D eigenvalue weighted by molar-refractivity contribution is 8.14. The van der Waals surface area contributed by atoms with Crippen LogP contribution in [0.4, 0.5) is 0 Å². The number of aliphatic imine (C=N–C) groups is 2. The Balaban J connectivity index is 1.08. The fraction of sp³-hybridized carbons (Fsp3) is 0.576. The minimum Gasteiger partial charge on any atom is -0.455 e. The predicted molar refractivity (Wildman–Crippen MR) is 483 cm³/mol. The van der Waals surface area contributed by atoms with Gasteiger partial charge in [0.2, 0.25) is 35.4 Å². The van der Waals surface area contributed by atoms with Gasteiger partial charge in [0.15, 0.2) is 0 Å². The summed E-state index contributed by atoms with van der Waals surface area (Å²) in [6.07, 6.45) is 14.0. The molecule has 41 heteroatoms. The van der Waals surface area contributed by atoms with Crippen LogP contribution in [0, 0.1) is 5.92 Å². The molecule has 1 aliphatic carbocycles. The van der Waals surface area contributed by atoms with E-state index in [2.05, 4.69) is 81.6 Å². The summed E-state index contributed by atoms with van der Waals surface area (Å²) in [5.74, 6) is -9.41. The number of rotatable bonds is 27. The smallest absolute Gasteiger partial charge is 0.357 e. The molecule has 0 saturated carbocycles. The van der Waals surface area contributed by atoms with E-state index >= 15 is 14.4 Å². The second-order valence-electron chi connectivity index (χ2n) is 32.7. The number of amides is 10. The number of nitrogens with two attached hydrogens (primary N) is 1. The molecule has 5 aromatic heterocycles. The fourth-order valence-corrected chi connectivity index (χ4v) is 20.7. The molecule has 17 N–H and O–H groups in total. The van der Waals surface area contributed by atoms with Gasteiger partial charge in [-0.3, -0.25) is 63.2 Å². The number of hydrogen-bond donors (Lipinski definition) is 16. The van der Waals surface area contributed by atoms with Crippen LogP contribution in [0.3, 0.4) is 0 Å². The number of thioether (sulfide) groups is 2. The van der Waals surface area contributed by atoms with E-state index in [4.69, 9.17) is 30.4 Å². The summed E-state index contributed by atoms with van der Waals surface area (Å²) in [6.45, 7) is 20.5. The lowest BCUT2D eigenvalue weighted by Crippen LogP contribution is -2.57. The van der Waals surface area contributed by atoms with E-state index in [0.29, 0.717) is 6.42 Å². The van der Waals surface area contributed by atoms with Crippen molar-refractivity contribution in [1.82, 2.24) is 78.1 Å². The third-order valence-corrected chi connectivity index (χ3v) is 28.9. The highest BCUT2D eigenvalue weighted by Gasteiger charge is 2.51. The van der Waals surface area contributed by atoms with Crippen molar-refractivity contribution in [3.8, 4) is 0 Å². The normalized spacial score (nSPS) is 25.8. The number of ether oxygens (including phenoxy) is 1. The molecule has 10 amide bonds. The molecule has 5 aromatic rings. The number of nitrogens with zero attached hydrogens (tertiary/aromatic N) is 7. The zero-order chi connectivity index (χ0) is 91.6. The van der Waals surface area contributed by atoms with E-state index < -0.39 is 184 Å². The maximum Gasteiger partial charge on any atom is 0.357 e. The number of hydrogen-bond acceptors (Lipinski definition) is 31. The molecule has 13 bridgehead atoms. The molecule has 0 aromatic carbocycles. The number of cyclic esters (lactones) is 1. The summed E-state index contributed by atoms with van der Waals surface area (Å²) >= 11 is 6.16. The number of aromatic nitrogens is 5. The lowest BCUT2D eigenvalue weighted by molar-refractivity contribution is -0.131. The first-order chi connectivity index (χ1) is 60.0. The number of pyridine rings is 1. The topological polar surface area (TPSA) is 534 Å². The number of fused-ring (bicyclic) bond motifs is 7. The first-order valence-electron chi connectivity index (χ1n) is 42.7. The van der Waals surface area contributed by atoms with Gasteiger partial charge in [0.05, 0.1) is 58.9 Å². The first kappa shape index (κ1) is 99.0. The number of aliphatic hydroxyl groups is 5. The number of carbonyl (C=O) groups excluding carboxylic acids is 11. The Morgan fingerprint density at radius 3 is 2.02 bits per heavy atom. The zero-order valence-corrected chi connectivity index (χ0v) is 77.4. The number of nitrogens with one attached hydrogen (secondary N) is 10. The molecule has 0 radical (unpaired) electrons. The Hall–Kier alpha value is -9.14. The Kier molecular flexibility index (Phi) is 35.5. The maximum absolute atomic E-state index is 15.5. The van der Waals surface area contributed by atoms with Crippen LogP contribution in [0.2, 0.25) is 0 Å². The van der Waals surface area contributed by atoms with Crippen molar-refractivity contribution in [2.75, 3.05) is 17.3 Å². The van der Waals surface area contributed by atoms with Gasteiger partial charge in [-0.2, -0.15) is 11.8 Å². The Labute approximate surface area is 756 Å². The summed E-state index contributed by atoms with van der Waals surface area (Å²) in [6, 6.07) is -12.4. The van der Waals surface area contributed by atoms with Crippen molar-refractivity contribution >= 4 is 151 Å². The van der Waals surface area contributed by atoms with E-state index in [-0.39, 0.29) is 100 Å². The summed E-state index contributed by atoms with van der Waals surface area (Å²) in [7, 11) is 0. The number of unbranched alkanes of at least 4 members (excludes halogenated alkanes) is 13. The number of allylic oxidation sites excluding steroid dienone is 1. The monoisotopic (exact) mass is 1850 g/mol. The second kappa shape index (κ2) is 45.2. The number of esters is 1. The fourth-order valence-electron chi connectivity index (χ4n) is 14.8. The highest BCUT2D eigenvalue weighted by atomic mass is 32.2. The van der Waals surface area contributed by atoms with Crippen LogP contribution in [0.25, 0.3) is 6.08 Å². The molecule has 9 heterocycles. The average molecular weight is 1850 g/mol. The second-order valence-corrected chi connectivity index (χ2v) is 38.3. The van der Waals surface area contributed by atoms with Gasteiger partial charge in [-0.1, -0.05) is 135 Å². The third kappa shape index (κ3) is 24.6. The Bertz CT molecular complexity index is 4920. The molecule has 1 unspecified atom stereocenters. The lowest BCUT2D eigenvalue weighted by atomic mass is 9.80. The number of primary amides is 1. The van der Waals surface area contributed by atoms with Crippen molar-refractivity contribution in [3.05, 3.63) is 123 Å². The lowest BCUT2D eigenvalue weighted by Gasteiger charge is -2.41. The molecule has 0 fully saturated rings. The van der Waals surface area contributed by atoms with Crippen molar-refractivity contribution in [2.45, 2.75) is 287 Å². The van der Waals surface area contributed by atoms with Gasteiger partial charge in [-0.25, -0.2) is 29.7 Å². The molecular weight excluding hydrogens is 1740 g/mol. The molecular formula is C85H116N18O17S6. The van der Waals surface area contributed by atoms with Gasteiger partial charge < -0.3 is 83.9 Å². The van der Waals surface area contributed by atoms with Crippen molar-refractivity contribution < 1.29 is 83.0 Å². The third-order valence-electron chi connectivity index (χ3n) is 22.9. The molecule has 10 rings (SSSR count). The molecule has 684 valence electrons. The molecule has 126 heavy (non-hydrogen) atoms. The number of carbonyl (C=O) groups is 11. The van der Waals surface area contributed by atoms with Crippen LogP contribution in [0.5, 0.6) is 0 Å². The largest absolute Gasteiger partial charge is 0.455 e. The average Bonchev–Trinajstić information content (AvgIpc) is 1.49. The van der Waals surface area contributed by atoms with Gasteiger partial charge in [0.1, 0.15) is 120 Å². The van der Waals surface area contributed by atoms with E-state index in [0.717, 1.165) is 88.5 Å². The van der Waals surface area contributed by atoms with E-state index in [1.807, 2.05) is 6.92 Å². The Morgan fingerprint density at radius 1 is 0.722 bits per heavy atom. The van der Waals surface area contributed by atoms with Gasteiger partial charge >= 0.3 is 5.97 Å². The summed E-state index contributed by atoms with van der Waals surface area (Å²) < 4.78 is 6.32. The van der Waals surface area contributed by atoms with Gasteiger partial charge in [0, 0.05) is 38.6 Å². The van der Waals surface area contributed by atoms with Crippen molar-refractivity contribution in [1.29, 1.82) is 0 Å². The number of aliphatic hydroxyl groups excluding tert-OH is 4. The van der Waals surface area contributed by atoms with Crippen LogP contribution >= 0.6 is 68.9 Å². The molecule has 0 spiro atoms. The van der Waals surface area contributed by atoms with Gasteiger partial charge in [-0.05, 0) is 98.0 Å². The number of thiazole rings is 4. The molecule has 4 aliphatic heterocycles. The zero-order valence-electron chi connectivity index (χ0n) is 72.5. The first-order valence-corrected chi connectivity index (χ1v) is 48.4. The SMILES string of the molecule is C=C1NC(=O)[C@H](C)NC(=O)[C@H]([C@@H](C)CC)N[C@@H]2C=Cc3c([C@H](C)O)cc(nc3[C@H]2O)C(=O)O[C@H](C)[C@@H]2NC(=O)c3csc(n3)[C@H]([C@](C)(O)[C@@H](C)O)NC(=O)[C@H]3CSC(=N3)/C(=C/C)NC(=O)[C@H]([C@@H](C)O)NC(=O)c3csc(n3)[C@]3(CCC(c4nc(C(=O)NC(CSCCCCCCCCCCCCCCCC)C(N)=O)cs4)=N[C@@H]3c3csc2n3)NC(=O)[C@H](C)NC1=O. The highest BCUT2D eigenvalue weighted by Crippen LogP contribution is 2.48. The van der Waals surface area contributed by atoms with Crippen LogP contribution in [-0.4, -0.2) is 210 Å². The van der Waals surface area contributed by atoms with Crippen LogP contribution in [0.15, 0.2) is 67.7 Å². The van der Waals surface area contributed by atoms with Gasteiger partial charge in [-0.15, -0.1) is 57.1 Å². The van der Waals surface area contributed by atoms with Crippen LogP contribution < -0.4 is 58.9 Å². The van der Waals surface area contributed by atoms with Crippen molar-refractivity contribution in [3.63, 3.8) is 0 Å². The van der Waals surface area contributed by atoms with Crippen molar-refractivity contribution in [2.24, 2.45) is 21.6 Å². The predicted octanol–water partition coefficient (Wildman–Crippen LogP) is 7.21. The maximum atomic E-state index is 15.5. The van der Waals surface area contributed by atoms with Crippen LogP contribution in [-0.2, 0) is 43.8 Å². The quantitative estimate of drug-likeness (QED) is 0.0140.